The van der Waals surface area contributed by atoms with Crippen LogP contribution in [-0.4, -0.2) is 47.4 Å². The second kappa shape index (κ2) is 11.1. The maximum absolute atomic E-state index is 13.3. The SMILES string of the molecule is CC(C)CC(=O)N(CC(=O)N(Cc1ccc(F)cc1)Cc1ccco1)CC1CCCO1. The molecule has 1 aliphatic rings. The summed E-state index contributed by atoms with van der Waals surface area (Å²) in [4.78, 5) is 29.4. The molecule has 0 N–H and O–H groups in total. The van der Waals surface area contributed by atoms with E-state index >= 15 is 0 Å². The predicted molar refractivity (Wildman–Crippen MR) is 114 cm³/mol. The van der Waals surface area contributed by atoms with E-state index in [0.29, 0.717) is 31.9 Å². The molecule has 1 aromatic carbocycles. The Bertz CT molecular complexity index is 830. The highest BCUT2D eigenvalue weighted by Gasteiger charge is 2.27. The first-order valence-electron chi connectivity index (χ1n) is 10.8. The molecule has 0 aliphatic carbocycles. The summed E-state index contributed by atoms with van der Waals surface area (Å²) in [5, 5.41) is 0. The molecular formula is C24H31FN2O4. The van der Waals surface area contributed by atoms with Crippen LogP contribution in [0.25, 0.3) is 0 Å². The highest BCUT2D eigenvalue weighted by Crippen LogP contribution is 2.17. The first kappa shape index (κ1) is 23.0. The highest BCUT2D eigenvalue weighted by molar-refractivity contribution is 5.85. The normalized spacial score (nSPS) is 15.9. The Kier molecular flexibility index (Phi) is 8.23. The van der Waals surface area contributed by atoms with Gasteiger partial charge in [0, 0.05) is 26.1 Å². The second-order valence-corrected chi connectivity index (χ2v) is 8.46. The molecule has 168 valence electrons. The first-order chi connectivity index (χ1) is 14.9. The standard InChI is InChI=1S/C24H31FN2O4/c1-18(2)13-23(28)27(16-22-6-4-12-31-22)17-24(29)26(15-21-5-3-11-30-21)14-19-7-9-20(25)10-8-19/h3,5,7-11,18,22H,4,6,12-17H2,1-2H3. The molecule has 0 bridgehead atoms. The number of amides is 2. The summed E-state index contributed by atoms with van der Waals surface area (Å²) in [6, 6.07) is 9.64. The Balaban J connectivity index is 1.73. The molecule has 2 heterocycles. The van der Waals surface area contributed by atoms with Crippen molar-refractivity contribution in [2.45, 2.75) is 52.3 Å². The second-order valence-electron chi connectivity index (χ2n) is 8.46. The van der Waals surface area contributed by atoms with Crippen molar-refractivity contribution in [3.8, 4) is 0 Å². The average molecular weight is 431 g/mol. The number of hydrogen-bond acceptors (Lipinski definition) is 4. The molecule has 0 radical (unpaired) electrons. The number of carbonyl (C=O) groups excluding carboxylic acids is 2. The lowest BCUT2D eigenvalue weighted by atomic mass is 10.1. The Morgan fingerprint density at radius 2 is 1.87 bits per heavy atom. The van der Waals surface area contributed by atoms with E-state index < -0.39 is 0 Å². The van der Waals surface area contributed by atoms with Gasteiger partial charge in [0.1, 0.15) is 11.6 Å². The lowest BCUT2D eigenvalue weighted by Gasteiger charge is -2.29. The molecule has 0 spiro atoms. The maximum Gasteiger partial charge on any atom is 0.242 e. The molecule has 1 saturated heterocycles. The van der Waals surface area contributed by atoms with E-state index in [0.717, 1.165) is 18.4 Å². The van der Waals surface area contributed by atoms with Crippen LogP contribution < -0.4 is 0 Å². The van der Waals surface area contributed by atoms with Gasteiger partial charge in [-0.2, -0.15) is 0 Å². The number of hydrogen-bond donors (Lipinski definition) is 0. The number of benzene rings is 1. The van der Waals surface area contributed by atoms with Crippen molar-refractivity contribution in [3.63, 3.8) is 0 Å². The molecule has 7 heteroatoms. The minimum absolute atomic E-state index is 0.0205. The molecule has 1 aromatic heterocycles. The summed E-state index contributed by atoms with van der Waals surface area (Å²) >= 11 is 0. The lowest BCUT2D eigenvalue weighted by molar-refractivity contribution is -0.143. The van der Waals surface area contributed by atoms with Gasteiger partial charge in [0.2, 0.25) is 11.8 Å². The minimum Gasteiger partial charge on any atom is -0.467 e. The van der Waals surface area contributed by atoms with E-state index in [1.165, 1.54) is 12.1 Å². The van der Waals surface area contributed by atoms with E-state index in [1.807, 2.05) is 13.8 Å². The molecule has 31 heavy (non-hydrogen) atoms. The largest absolute Gasteiger partial charge is 0.467 e. The maximum atomic E-state index is 13.3. The Morgan fingerprint density at radius 3 is 2.48 bits per heavy atom. The zero-order chi connectivity index (χ0) is 22.2. The average Bonchev–Trinajstić information content (AvgIpc) is 3.42. The van der Waals surface area contributed by atoms with Crippen molar-refractivity contribution in [2.75, 3.05) is 19.7 Å². The number of ether oxygens (including phenoxy) is 1. The van der Waals surface area contributed by atoms with Crippen molar-refractivity contribution >= 4 is 11.8 Å². The van der Waals surface area contributed by atoms with E-state index in [1.54, 1.807) is 40.3 Å². The van der Waals surface area contributed by atoms with E-state index in [-0.39, 0.29) is 42.7 Å². The molecule has 1 atom stereocenters. The molecular weight excluding hydrogens is 399 g/mol. The zero-order valence-electron chi connectivity index (χ0n) is 18.3. The monoisotopic (exact) mass is 430 g/mol. The summed E-state index contributed by atoms with van der Waals surface area (Å²) in [7, 11) is 0. The van der Waals surface area contributed by atoms with Crippen LogP contribution in [0.5, 0.6) is 0 Å². The van der Waals surface area contributed by atoms with Crippen LogP contribution in [0.3, 0.4) is 0 Å². The molecule has 2 aromatic rings. The van der Waals surface area contributed by atoms with Gasteiger partial charge in [0.15, 0.2) is 0 Å². The fourth-order valence-corrected chi connectivity index (χ4v) is 3.66. The Labute approximate surface area is 183 Å². The van der Waals surface area contributed by atoms with E-state index in [9.17, 15) is 14.0 Å². The Morgan fingerprint density at radius 1 is 1.10 bits per heavy atom. The van der Waals surface area contributed by atoms with Crippen LogP contribution in [0.15, 0.2) is 47.1 Å². The van der Waals surface area contributed by atoms with Gasteiger partial charge < -0.3 is 19.0 Å². The third-order valence-electron chi connectivity index (χ3n) is 5.28. The van der Waals surface area contributed by atoms with Gasteiger partial charge in [-0.25, -0.2) is 4.39 Å². The van der Waals surface area contributed by atoms with Crippen molar-refractivity contribution in [2.24, 2.45) is 5.92 Å². The van der Waals surface area contributed by atoms with Crippen LogP contribution in [0, 0.1) is 11.7 Å². The summed E-state index contributed by atoms with van der Waals surface area (Å²) in [6.07, 6.45) is 3.78. The fourth-order valence-electron chi connectivity index (χ4n) is 3.66. The van der Waals surface area contributed by atoms with E-state index in [4.69, 9.17) is 9.15 Å². The fraction of sp³-hybridized carbons (Fsp3) is 0.500. The summed E-state index contributed by atoms with van der Waals surface area (Å²) in [5.41, 5.74) is 0.806. The molecule has 1 unspecified atom stereocenters. The Hall–Kier alpha value is -2.67. The molecule has 2 amide bonds. The number of nitrogens with zero attached hydrogens (tertiary/aromatic N) is 2. The van der Waals surface area contributed by atoms with Crippen LogP contribution in [0.4, 0.5) is 4.39 Å². The number of carbonyl (C=O) groups is 2. The third-order valence-corrected chi connectivity index (χ3v) is 5.28. The quantitative estimate of drug-likeness (QED) is 0.572. The van der Waals surface area contributed by atoms with Crippen molar-refractivity contribution < 1.29 is 23.1 Å². The molecule has 1 fully saturated rings. The van der Waals surface area contributed by atoms with Gasteiger partial charge in [0.05, 0.1) is 25.5 Å². The van der Waals surface area contributed by atoms with Gasteiger partial charge in [-0.1, -0.05) is 26.0 Å². The lowest BCUT2D eigenvalue weighted by Crippen LogP contribution is -2.45. The highest BCUT2D eigenvalue weighted by atomic mass is 19.1. The van der Waals surface area contributed by atoms with Gasteiger partial charge >= 0.3 is 0 Å². The summed E-state index contributed by atoms with van der Waals surface area (Å²) < 4.78 is 24.4. The number of halogens is 1. The smallest absolute Gasteiger partial charge is 0.242 e. The van der Waals surface area contributed by atoms with E-state index in [2.05, 4.69) is 0 Å². The van der Waals surface area contributed by atoms with Crippen LogP contribution in [0.2, 0.25) is 0 Å². The van der Waals surface area contributed by atoms with Gasteiger partial charge in [0.25, 0.3) is 0 Å². The molecule has 3 rings (SSSR count). The molecule has 0 saturated carbocycles. The first-order valence-corrected chi connectivity index (χ1v) is 10.8. The molecule has 6 nitrogen and oxygen atoms in total. The number of rotatable bonds is 10. The summed E-state index contributed by atoms with van der Waals surface area (Å²) in [5.74, 6) is 0.298. The zero-order valence-corrected chi connectivity index (χ0v) is 18.3. The third kappa shape index (κ3) is 7.21. The summed E-state index contributed by atoms with van der Waals surface area (Å²) in [6.45, 7) is 5.64. The van der Waals surface area contributed by atoms with Crippen LogP contribution in [0.1, 0.15) is 44.4 Å². The van der Waals surface area contributed by atoms with Crippen LogP contribution >= 0.6 is 0 Å². The topological polar surface area (TPSA) is 63.0 Å². The van der Waals surface area contributed by atoms with Crippen LogP contribution in [-0.2, 0) is 27.4 Å². The molecule has 1 aliphatic heterocycles. The predicted octanol–water partition coefficient (Wildman–Crippen LogP) is 4.00. The van der Waals surface area contributed by atoms with Gasteiger partial charge in [-0.15, -0.1) is 0 Å². The number of furan rings is 1. The van der Waals surface area contributed by atoms with Crippen molar-refractivity contribution in [1.29, 1.82) is 0 Å². The van der Waals surface area contributed by atoms with Crippen molar-refractivity contribution in [3.05, 3.63) is 59.8 Å². The van der Waals surface area contributed by atoms with Gasteiger partial charge in [-0.3, -0.25) is 9.59 Å². The van der Waals surface area contributed by atoms with Gasteiger partial charge in [-0.05, 0) is 48.6 Å². The minimum atomic E-state index is -0.324. The van der Waals surface area contributed by atoms with Crippen molar-refractivity contribution in [1.82, 2.24) is 9.80 Å².